The second kappa shape index (κ2) is 9.16. The van der Waals surface area contributed by atoms with Crippen molar-refractivity contribution in [3.8, 4) is 0 Å². The number of hydrogen-bond donors (Lipinski definition) is 1. The first kappa shape index (κ1) is 20.8. The van der Waals surface area contributed by atoms with Crippen molar-refractivity contribution < 1.29 is 9.53 Å². The van der Waals surface area contributed by atoms with Crippen LogP contribution in [0.2, 0.25) is 0 Å². The van der Waals surface area contributed by atoms with Gasteiger partial charge in [-0.2, -0.15) is 4.98 Å². The predicted molar refractivity (Wildman–Crippen MR) is 122 cm³/mol. The van der Waals surface area contributed by atoms with E-state index in [1.807, 2.05) is 36.4 Å². The van der Waals surface area contributed by atoms with Crippen LogP contribution in [0.1, 0.15) is 52.5 Å². The maximum Gasteiger partial charge on any atom is 0.337 e. The summed E-state index contributed by atoms with van der Waals surface area (Å²) >= 11 is 0. The number of rotatable bonds is 6. The number of benzene rings is 2. The molecule has 1 N–H and O–H groups in total. The van der Waals surface area contributed by atoms with Gasteiger partial charge in [-0.3, -0.25) is 0 Å². The minimum Gasteiger partial charge on any atom is -0.465 e. The Kier molecular flexibility index (Phi) is 6.16. The zero-order valence-electron chi connectivity index (χ0n) is 18.3. The van der Waals surface area contributed by atoms with Crippen molar-refractivity contribution in [2.45, 2.75) is 39.3 Å². The quantitative estimate of drug-likeness (QED) is 0.594. The third kappa shape index (κ3) is 4.85. The Morgan fingerprint density at radius 1 is 1.10 bits per heavy atom. The van der Waals surface area contributed by atoms with Gasteiger partial charge in [-0.1, -0.05) is 50.2 Å². The van der Waals surface area contributed by atoms with Gasteiger partial charge < -0.3 is 15.0 Å². The number of methoxy groups -OCH3 is 1. The van der Waals surface area contributed by atoms with Crippen molar-refractivity contribution >= 4 is 17.7 Å². The van der Waals surface area contributed by atoms with E-state index in [0.717, 1.165) is 31.0 Å². The lowest BCUT2D eigenvalue weighted by molar-refractivity contribution is 0.0600. The number of carbonyl (C=O) groups is 1. The first-order valence-corrected chi connectivity index (χ1v) is 10.7. The Bertz CT molecular complexity index is 1070. The van der Waals surface area contributed by atoms with E-state index in [4.69, 9.17) is 14.7 Å². The van der Waals surface area contributed by atoms with Crippen LogP contribution < -0.4 is 10.2 Å². The van der Waals surface area contributed by atoms with Crippen LogP contribution in [0.3, 0.4) is 0 Å². The van der Waals surface area contributed by atoms with Crippen molar-refractivity contribution in [3.63, 3.8) is 0 Å². The van der Waals surface area contributed by atoms with Gasteiger partial charge in [0.25, 0.3) is 0 Å². The van der Waals surface area contributed by atoms with Crippen LogP contribution in [0.15, 0.2) is 54.6 Å². The molecular formula is C25H28N4O2. The lowest BCUT2D eigenvalue weighted by atomic mass is 9.97. The van der Waals surface area contributed by atoms with Crippen LogP contribution in [-0.4, -0.2) is 29.6 Å². The summed E-state index contributed by atoms with van der Waals surface area (Å²) in [6.45, 7) is 6.56. The lowest BCUT2D eigenvalue weighted by Crippen LogP contribution is -2.31. The fourth-order valence-corrected chi connectivity index (χ4v) is 3.76. The van der Waals surface area contributed by atoms with Crippen molar-refractivity contribution in [1.82, 2.24) is 9.97 Å². The first-order valence-electron chi connectivity index (χ1n) is 10.7. The van der Waals surface area contributed by atoms with Crippen molar-refractivity contribution in [2.75, 3.05) is 23.9 Å². The lowest BCUT2D eigenvalue weighted by Gasteiger charge is -2.30. The zero-order valence-corrected chi connectivity index (χ0v) is 18.3. The maximum atomic E-state index is 11.8. The second-order valence-electron chi connectivity index (χ2n) is 8.12. The third-order valence-corrected chi connectivity index (χ3v) is 5.58. The number of esters is 1. The van der Waals surface area contributed by atoms with E-state index in [2.05, 4.69) is 42.3 Å². The van der Waals surface area contributed by atoms with E-state index < -0.39 is 0 Å². The number of fused-ring (bicyclic) bond motifs is 1. The molecule has 0 saturated carbocycles. The number of carbonyl (C=O) groups excluding carboxylic acids is 1. The van der Waals surface area contributed by atoms with Crippen molar-refractivity contribution in [2.24, 2.45) is 0 Å². The third-order valence-electron chi connectivity index (χ3n) is 5.58. The minimum atomic E-state index is -0.295. The van der Waals surface area contributed by atoms with Crippen LogP contribution in [-0.2, 0) is 24.2 Å². The molecule has 6 heteroatoms. The van der Waals surface area contributed by atoms with E-state index in [-0.39, 0.29) is 5.97 Å². The van der Waals surface area contributed by atoms with E-state index in [0.29, 0.717) is 24.0 Å². The molecule has 31 heavy (non-hydrogen) atoms. The predicted octanol–water partition coefficient (Wildman–Crippen LogP) is 4.56. The number of hydrogen-bond acceptors (Lipinski definition) is 6. The molecule has 0 saturated heterocycles. The van der Waals surface area contributed by atoms with E-state index in [9.17, 15) is 4.79 Å². The summed E-state index contributed by atoms with van der Waals surface area (Å²) in [6, 6.07) is 18.1. The fourth-order valence-electron chi connectivity index (χ4n) is 3.76. The average molecular weight is 417 g/mol. The highest BCUT2D eigenvalue weighted by Crippen LogP contribution is 2.27. The fraction of sp³-hybridized carbons (Fsp3) is 0.320. The van der Waals surface area contributed by atoms with E-state index in [1.54, 1.807) is 0 Å². The highest BCUT2D eigenvalue weighted by atomic mass is 16.5. The van der Waals surface area contributed by atoms with Crippen molar-refractivity contribution in [3.05, 3.63) is 82.5 Å². The molecule has 0 aliphatic carbocycles. The Morgan fingerprint density at radius 3 is 2.65 bits per heavy atom. The summed E-state index contributed by atoms with van der Waals surface area (Å²) in [6.07, 6.45) is 0.855. The van der Waals surface area contributed by atoms with Gasteiger partial charge >= 0.3 is 5.97 Å². The maximum absolute atomic E-state index is 11.8. The summed E-state index contributed by atoms with van der Waals surface area (Å²) in [5.74, 6) is 1.59. The second-order valence-corrected chi connectivity index (χ2v) is 8.12. The Morgan fingerprint density at radius 2 is 1.90 bits per heavy atom. The molecule has 4 rings (SSSR count). The van der Waals surface area contributed by atoms with E-state index in [1.165, 1.54) is 23.8 Å². The van der Waals surface area contributed by atoms with Gasteiger partial charge in [-0.05, 0) is 41.2 Å². The van der Waals surface area contributed by atoms with Crippen LogP contribution >= 0.6 is 0 Å². The molecule has 6 nitrogen and oxygen atoms in total. The molecule has 1 aliphatic heterocycles. The molecule has 3 aromatic rings. The SMILES string of the molecule is COC(=O)c1ccc2c(c1)CCN(c1cc(C(C)C)nc(NCc3ccccc3)n1)C2. The normalized spacial score (nSPS) is 13.1. The topological polar surface area (TPSA) is 67.3 Å². The van der Waals surface area contributed by atoms with Gasteiger partial charge in [-0.25, -0.2) is 9.78 Å². The monoisotopic (exact) mass is 416 g/mol. The summed E-state index contributed by atoms with van der Waals surface area (Å²) in [7, 11) is 1.41. The summed E-state index contributed by atoms with van der Waals surface area (Å²) in [4.78, 5) is 23.7. The summed E-state index contributed by atoms with van der Waals surface area (Å²) in [5.41, 5.74) is 5.22. The average Bonchev–Trinajstić information content (AvgIpc) is 2.82. The summed E-state index contributed by atoms with van der Waals surface area (Å²) < 4.78 is 4.85. The smallest absolute Gasteiger partial charge is 0.337 e. The highest BCUT2D eigenvalue weighted by molar-refractivity contribution is 5.89. The van der Waals surface area contributed by atoms with E-state index >= 15 is 0 Å². The van der Waals surface area contributed by atoms with Gasteiger partial charge in [-0.15, -0.1) is 0 Å². The Hall–Kier alpha value is -3.41. The minimum absolute atomic E-state index is 0.295. The van der Waals surface area contributed by atoms with Gasteiger partial charge in [0.2, 0.25) is 5.95 Å². The van der Waals surface area contributed by atoms with Crippen molar-refractivity contribution in [1.29, 1.82) is 0 Å². The van der Waals surface area contributed by atoms with Gasteiger partial charge in [0.05, 0.1) is 18.4 Å². The van der Waals surface area contributed by atoms with Crippen LogP contribution in [0.5, 0.6) is 0 Å². The highest BCUT2D eigenvalue weighted by Gasteiger charge is 2.21. The first-order chi connectivity index (χ1) is 15.0. The molecule has 0 fully saturated rings. The molecule has 0 spiro atoms. The molecule has 0 unspecified atom stereocenters. The number of ether oxygens (including phenoxy) is 1. The van der Waals surface area contributed by atoms with Crippen LogP contribution in [0, 0.1) is 0 Å². The standard InChI is InChI=1S/C25H28N4O2/c1-17(2)22-14-23(28-25(27-22)26-15-18-7-5-4-6-8-18)29-12-11-19-13-20(24(30)31-3)9-10-21(19)16-29/h4-10,13-14,17H,11-12,15-16H2,1-3H3,(H,26,27,28). The molecule has 1 aliphatic rings. The van der Waals surface area contributed by atoms with Gasteiger partial charge in [0.15, 0.2) is 0 Å². The summed E-state index contributed by atoms with van der Waals surface area (Å²) in [5, 5.41) is 3.38. The molecule has 2 aromatic carbocycles. The molecule has 2 heterocycles. The molecule has 0 amide bonds. The number of nitrogens with zero attached hydrogens (tertiary/aromatic N) is 3. The Labute approximate surface area is 183 Å². The van der Waals surface area contributed by atoms with Crippen LogP contribution in [0.25, 0.3) is 0 Å². The molecule has 0 bridgehead atoms. The van der Waals surface area contributed by atoms with Gasteiger partial charge in [0.1, 0.15) is 5.82 Å². The van der Waals surface area contributed by atoms with Crippen LogP contribution in [0.4, 0.5) is 11.8 Å². The zero-order chi connectivity index (χ0) is 21.8. The molecular weight excluding hydrogens is 388 g/mol. The Balaban J connectivity index is 1.56. The largest absolute Gasteiger partial charge is 0.465 e. The van der Waals surface area contributed by atoms with Gasteiger partial charge in [0, 0.05) is 25.7 Å². The molecule has 0 atom stereocenters. The number of nitrogens with one attached hydrogen (secondary N) is 1. The number of anilines is 2. The number of aromatic nitrogens is 2. The molecule has 1 aromatic heterocycles. The molecule has 160 valence electrons. The molecule has 0 radical (unpaired) electrons.